The predicted molar refractivity (Wildman–Crippen MR) is 60.7 cm³/mol. The van der Waals surface area contributed by atoms with Crippen LogP contribution in [-0.4, -0.2) is 16.2 Å². The van der Waals surface area contributed by atoms with Crippen molar-refractivity contribution >= 4 is 11.3 Å². The Morgan fingerprint density at radius 2 is 2.14 bits per heavy atom. The third-order valence-electron chi connectivity index (χ3n) is 1.78. The molecule has 1 unspecified atom stereocenters. The fourth-order valence-corrected chi connectivity index (χ4v) is 2.61. The number of rotatable bonds is 3. The van der Waals surface area contributed by atoms with E-state index in [0.29, 0.717) is 5.41 Å². The first kappa shape index (κ1) is 11.7. The molecule has 1 heterocycles. The molecule has 1 N–H and O–H groups in total. The third kappa shape index (κ3) is 4.20. The quantitative estimate of drug-likeness (QED) is 0.837. The molecular formula is C11H19NOS. The highest BCUT2D eigenvalue weighted by Crippen LogP contribution is 2.24. The number of thiazole rings is 1. The maximum absolute atomic E-state index is 9.23. The number of aliphatic hydroxyl groups excluding tert-OH is 1. The van der Waals surface area contributed by atoms with Crippen LogP contribution in [0.1, 0.15) is 37.6 Å². The van der Waals surface area contributed by atoms with Crippen LogP contribution in [0.3, 0.4) is 0 Å². The predicted octanol–water partition coefficient (Wildman–Crippen LogP) is 2.66. The summed E-state index contributed by atoms with van der Waals surface area (Å²) in [7, 11) is 0. The Morgan fingerprint density at radius 1 is 1.50 bits per heavy atom. The van der Waals surface area contributed by atoms with E-state index in [-0.39, 0.29) is 6.10 Å². The molecule has 3 heteroatoms. The minimum atomic E-state index is -0.266. The second-order valence-corrected chi connectivity index (χ2v) is 6.21. The number of hydrogen-bond donors (Lipinski definition) is 1. The van der Waals surface area contributed by atoms with Crippen molar-refractivity contribution in [3.8, 4) is 0 Å². The van der Waals surface area contributed by atoms with Crippen LogP contribution in [0.25, 0.3) is 0 Å². The van der Waals surface area contributed by atoms with Gasteiger partial charge in [0.15, 0.2) is 0 Å². The Morgan fingerprint density at radius 3 is 2.64 bits per heavy atom. The molecule has 0 bridgehead atoms. The average Bonchev–Trinajstić information content (AvgIpc) is 2.30. The van der Waals surface area contributed by atoms with E-state index in [0.717, 1.165) is 12.8 Å². The monoisotopic (exact) mass is 213 g/mol. The molecule has 2 nitrogen and oxygen atoms in total. The molecule has 0 aliphatic rings. The number of aromatic nitrogens is 1. The van der Waals surface area contributed by atoms with E-state index in [9.17, 15) is 5.11 Å². The van der Waals surface area contributed by atoms with Crippen molar-refractivity contribution in [2.24, 2.45) is 5.41 Å². The van der Waals surface area contributed by atoms with Crippen molar-refractivity contribution in [1.82, 2.24) is 4.98 Å². The van der Waals surface area contributed by atoms with Crippen LogP contribution in [0.4, 0.5) is 0 Å². The van der Waals surface area contributed by atoms with Gasteiger partial charge in [-0.05, 0) is 12.3 Å². The molecule has 0 aromatic carbocycles. The summed E-state index contributed by atoms with van der Waals surface area (Å²) < 4.78 is 0. The molecule has 0 saturated carbocycles. The summed E-state index contributed by atoms with van der Waals surface area (Å²) in [4.78, 5) is 5.54. The Balaban J connectivity index is 2.60. The molecule has 0 aliphatic heterocycles. The highest BCUT2D eigenvalue weighted by atomic mass is 32.1. The van der Waals surface area contributed by atoms with Crippen molar-refractivity contribution < 1.29 is 5.11 Å². The first-order valence-corrected chi connectivity index (χ1v) is 5.80. The first-order chi connectivity index (χ1) is 6.37. The Kier molecular flexibility index (Phi) is 3.67. The topological polar surface area (TPSA) is 33.1 Å². The van der Waals surface area contributed by atoms with Crippen LogP contribution in [0.5, 0.6) is 0 Å². The SMILES string of the molecule is CC(O)Cc1cnc(CC(C)(C)C)s1. The fraction of sp³-hybridized carbons (Fsp3) is 0.727. The number of hydrogen-bond acceptors (Lipinski definition) is 3. The van der Waals surface area contributed by atoms with Gasteiger partial charge < -0.3 is 5.11 Å². The van der Waals surface area contributed by atoms with Gasteiger partial charge in [-0.3, -0.25) is 0 Å². The second-order valence-electron chi connectivity index (χ2n) is 5.01. The Labute approximate surface area is 90.0 Å². The van der Waals surface area contributed by atoms with Crippen LogP contribution in [0, 0.1) is 5.41 Å². The van der Waals surface area contributed by atoms with Gasteiger partial charge in [0.1, 0.15) is 0 Å². The lowest BCUT2D eigenvalue weighted by Gasteiger charge is -2.15. The molecule has 1 rings (SSSR count). The minimum Gasteiger partial charge on any atom is -0.393 e. The molecule has 14 heavy (non-hydrogen) atoms. The lowest BCUT2D eigenvalue weighted by molar-refractivity contribution is 0.196. The highest BCUT2D eigenvalue weighted by Gasteiger charge is 2.14. The molecule has 1 aromatic heterocycles. The van der Waals surface area contributed by atoms with E-state index < -0.39 is 0 Å². The summed E-state index contributed by atoms with van der Waals surface area (Å²) in [6.45, 7) is 8.44. The van der Waals surface area contributed by atoms with Gasteiger partial charge in [-0.15, -0.1) is 11.3 Å². The highest BCUT2D eigenvalue weighted by molar-refractivity contribution is 7.11. The second kappa shape index (κ2) is 4.41. The van der Waals surface area contributed by atoms with Gasteiger partial charge in [0.25, 0.3) is 0 Å². The van der Waals surface area contributed by atoms with Crippen LogP contribution in [0.2, 0.25) is 0 Å². The maximum atomic E-state index is 9.23. The van der Waals surface area contributed by atoms with Gasteiger partial charge in [-0.1, -0.05) is 20.8 Å². The lowest BCUT2D eigenvalue weighted by Crippen LogP contribution is -2.08. The average molecular weight is 213 g/mol. The zero-order valence-corrected chi connectivity index (χ0v) is 10.2. The largest absolute Gasteiger partial charge is 0.393 e. The lowest BCUT2D eigenvalue weighted by atomic mass is 9.93. The van der Waals surface area contributed by atoms with Gasteiger partial charge in [-0.2, -0.15) is 0 Å². The third-order valence-corrected chi connectivity index (χ3v) is 2.80. The number of aliphatic hydroxyl groups is 1. The zero-order valence-electron chi connectivity index (χ0n) is 9.37. The van der Waals surface area contributed by atoms with Gasteiger partial charge in [0, 0.05) is 23.9 Å². The molecule has 1 atom stereocenters. The summed E-state index contributed by atoms with van der Waals surface area (Å²) in [5.41, 5.74) is 0.292. The van der Waals surface area contributed by atoms with Gasteiger partial charge in [0.2, 0.25) is 0 Å². The van der Waals surface area contributed by atoms with Crippen molar-refractivity contribution in [2.45, 2.75) is 46.6 Å². The molecule has 0 amide bonds. The molecule has 0 saturated heterocycles. The van der Waals surface area contributed by atoms with E-state index in [1.807, 2.05) is 13.1 Å². The van der Waals surface area contributed by atoms with Gasteiger partial charge in [0.05, 0.1) is 11.1 Å². The summed E-state index contributed by atoms with van der Waals surface area (Å²) >= 11 is 1.72. The van der Waals surface area contributed by atoms with E-state index in [1.165, 1.54) is 9.88 Å². The van der Waals surface area contributed by atoms with Gasteiger partial charge in [-0.25, -0.2) is 4.98 Å². The Hall–Kier alpha value is -0.410. The molecule has 0 aliphatic carbocycles. The standard InChI is InChI=1S/C11H19NOS/c1-8(13)5-9-7-12-10(14-9)6-11(2,3)4/h7-8,13H,5-6H2,1-4H3. The Bertz CT molecular complexity index is 286. The molecule has 0 radical (unpaired) electrons. The minimum absolute atomic E-state index is 0.266. The molecular weight excluding hydrogens is 194 g/mol. The fourth-order valence-electron chi connectivity index (χ4n) is 1.27. The summed E-state index contributed by atoms with van der Waals surface area (Å²) in [6, 6.07) is 0. The van der Waals surface area contributed by atoms with Crippen LogP contribution >= 0.6 is 11.3 Å². The van der Waals surface area contributed by atoms with E-state index in [1.54, 1.807) is 11.3 Å². The van der Waals surface area contributed by atoms with Crippen LogP contribution < -0.4 is 0 Å². The number of nitrogens with zero attached hydrogens (tertiary/aromatic N) is 1. The maximum Gasteiger partial charge on any atom is 0.0932 e. The molecule has 1 aromatic rings. The zero-order chi connectivity index (χ0) is 10.8. The van der Waals surface area contributed by atoms with Crippen LogP contribution in [-0.2, 0) is 12.8 Å². The van der Waals surface area contributed by atoms with Crippen LogP contribution in [0.15, 0.2) is 6.20 Å². The van der Waals surface area contributed by atoms with Gasteiger partial charge >= 0.3 is 0 Å². The van der Waals surface area contributed by atoms with Crippen molar-refractivity contribution in [1.29, 1.82) is 0 Å². The van der Waals surface area contributed by atoms with Crippen molar-refractivity contribution in [3.63, 3.8) is 0 Å². The van der Waals surface area contributed by atoms with E-state index in [4.69, 9.17) is 0 Å². The van der Waals surface area contributed by atoms with E-state index in [2.05, 4.69) is 25.8 Å². The first-order valence-electron chi connectivity index (χ1n) is 4.98. The van der Waals surface area contributed by atoms with E-state index >= 15 is 0 Å². The molecule has 80 valence electrons. The summed E-state index contributed by atoms with van der Waals surface area (Å²) in [5, 5.41) is 10.4. The molecule has 0 spiro atoms. The normalized spacial score (nSPS) is 14.4. The van der Waals surface area contributed by atoms with Crippen molar-refractivity contribution in [3.05, 3.63) is 16.1 Å². The summed E-state index contributed by atoms with van der Waals surface area (Å²) in [6.07, 6.45) is 3.36. The summed E-state index contributed by atoms with van der Waals surface area (Å²) in [5.74, 6) is 0. The molecule has 0 fully saturated rings. The van der Waals surface area contributed by atoms with Crippen molar-refractivity contribution in [2.75, 3.05) is 0 Å². The smallest absolute Gasteiger partial charge is 0.0932 e.